The van der Waals surface area contributed by atoms with Crippen LogP contribution in [0.15, 0.2) is 0 Å². The van der Waals surface area contributed by atoms with E-state index in [0.717, 1.165) is 6.54 Å². The van der Waals surface area contributed by atoms with Crippen molar-refractivity contribution in [1.29, 1.82) is 0 Å². The van der Waals surface area contributed by atoms with Crippen LogP contribution in [0.1, 0.15) is 59.8 Å². The van der Waals surface area contributed by atoms with Crippen molar-refractivity contribution in [2.75, 3.05) is 19.6 Å². The van der Waals surface area contributed by atoms with E-state index in [4.69, 9.17) is 5.73 Å². The van der Waals surface area contributed by atoms with Gasteiger partial charge in [-0.2, -0.15) is 0 Å². The molecule has 0 saturated carbocycles. The van der Waals surface area contributed by atoms with E-state index in [1.54, 1.807) is 0 Å². The lowest BCUT2D eigenvalue weighted by molar-refractivity contribution is -0.138. The lowest BCUT2D eigenvalue weighted by Gasteiger charge is -2.37. The van der Waals surface area contributed by atoms with Crippen LogP contribution in [0.25, 0.3) is 0 Å². The molecule has 1 aliphatic heterocycles. The van der Waals surface area contributed by atoms with E-state index in [1.807, 2.05) is 20.8 Å². The minimum Gasteiger partial charge on any atom is -0.462 e. The molecule has 19 heavy (non-hydrogen) atoms. The van der Waals surface area contributed by atoms with Crippen molar-refractivity contribution in [2.24, 2.45) is 11.1 Å². The van der Waals surface area contributed by atoms with Crippen molar-refractivity contribution in [3.05, 3.63) is 0 Å². The van der Waals surface area contributed by atoms with Gasteiger partial charge in [0.25, 0.3) is 6.47 Å². The molecule has 4 heteroatoms. The summed E-state index contributed by atoms with van der Waals surface area (Å²) in [7, 11) is 0. The fourth-order valence-corrected chi connectivity index (χ4v) is 2.36. The molecule has 0 aliphatic carbocycles. The van der Waals surface area contributed by atoms with Gasteiger partial charge >= 0.3 is 0 Å². The number of hydrogen-bond donors (Lipinski definition) is 2. The van der Waals surface area contributed by atoms with Crippen LogP contribution in [0, 0.1) is 5.41 Å². The zero-order valence-corrected chi connectivity index (χ0v) is 13.1. The molecule has 1 saturated heterocycles. The molecule has 0 aromatic heterocycles. The predicted molar refractivity (Wildman–Crippen MR) is 80.0 cm³/mol. The summed E-state index contributed by atoms with van der Waals surface area (Å²) in [5.41, 5.74) is 5.86. The highest BCUT2D eigenvalue weighted by Gasteiger charge is 2.28. The number of rotatable bonds is 5. The van der Waals surface area contributed by atoms with Crippen molar-refractivity contribution < 1.29 is 9.53 Å². The lowest BCUT2D eigenvalue weighted by atomic mass is 9.73. The van der Waals surface area contributed by atoms with Crippen LogP contribution in [-0.4, -0.2) is 31.7 Å². The second kappa shape index (κ2) is 9.32. The summed E-state index contributed by atoms with van der Waals surface area (Å²) < 4.78 is 4.55. The molecule has 0 radical (unpaired) electrons. The fraction of sp³-hybridized carbons (Fsp3) is 0.933. The maximum Gasteiger partial charge on any atom is 0.293 e. The van der Waals surface area contributed by atoms with Crippen LogP contribution in [0.5, 0.6) is 0 Å². The topological polar surface area (TPSA) is 64.3 Å². The molecule has 1 fully saturated rings. The Labute approximate surface area is 118 Å². The Morgan fingerprint density at radius 1 is 1.32 bits per heavy atom. The molecule has 1 rings (SSSR count). The molecule has 114 valence electrons. The first kappa shape index (κ1) is 18.4. The van der Waals surface area contributed by atoms with Crippen LogP contribution in [0.4, 0.5) is 0 Å². The highest BCUT2D eigenvalue weighted by Crippen LogP contribution is 2.36. The normalized spacial score (nSPS) is 18.2. The van der Waals surface area contributed by atoms with Gasteiger partial charge in [0.1, 0.15) is 5.60 Å². The molecule has 0 atom stereocenters. The molecule has 0 aromatic rings. The standard InChI is InChI=1S/C10H22N2.C5H10O2/c1-2-10(4-3-7-11)5-8-12-9-6-10;1-5(2,3)7-4-6/h12H,2-9,11H2,1H3;4H,1-3H3. The largest absolute Gasteiger partial charge is 0.462 e. The van der Waals surface area contributed by atoms with Crippen molar-refractivity contribution in [3.63, 3.8) is 0 Å². The SMILES string of the molecule is CC(C)(C)OC=O.CCC1(CCCN)CCNCC1. The molecule has 0 spiro atoms. The van der Waals surface area contributed by atoms with E-state index in [1.165, 1.54) is 45.2 Å². The second-order valence-corrected chi connectivity index (χ2v) is 6.32. The molecule has 0 bridgehead atoms. The first-order valence-electron chi connectivity index (χ1n) is 7.41. The van der Waals surface area contributed by atoms with E-state index in [0.29, 0.717) is 11.9 Å². The van der Waals surface area contributed by atoms with Gasteiger partial charge in [-0.3, -0.25) is 4.79 Å². The zero-order valence-electron chi connectivity index (χ0n) is 13.1. The zero-order chi connectivity index (χ0) is 14.8. The average molecular weight is 272 g/mol. The Balaban J connectivity index is 0.000000399. The van der Waals surface area contributed by atoms with Crippen molar-refractivity contribution >= 4 is 6.47 Å². The molecule has 4 nitrogen and oxygen atoms in total. The van der Waals surface area contributed by atoms with Gasteiger partial charge in [0.05, 0.1) is 0 Å². The molecule has 0 unspecified atom stereocenters. The van der Waals surface area contributed by atoms with Crippen LogP contribution < -0.4 is 11.1 Å². The summed E-state index contributed by atoms with van der Waals surface area (Å²) in [5.74, 6) is 0. The van der Waals surface area contributed by atoms with Crippen LogP contribution in [0.2, 0.25) is 0 Å². The maximum atomic E-state index is 9.60. The summed E-state index contributed by atoms with van der Waals surface area (Å²) in [6.07, 6.45) is 6.57. The highest BCUT2D eigenvalue weighted by atomic mass is 16.5. The molecule has 1 aliphatic rings. The van der Waals surface area contributed by atoms with Gasteiger partial charge in [0.2, 0.25) is 0 Å². The van der Waals surface area contributed by atoms with Gasteiger partial charge in [-0.1, -0.05) is 13.3 Å². The van der Waals surface area contributed by atoms with Crippen LogP contribution in [0.3, 0.4) is 0 Å². The highest BCUT2D eigenvalue weighted by molar-refractivity contribution is 5.37. The number of ether oxygens (including phenoxy) is 1. The van der Waals surface area contributed by atoms with Gasteiger partial charge < -0.3 is 15.8 Å². The van der Waals surface area contributed by atoms with E-state index in [-0.39, 0.29) is 5.60 Å². The Bertz CT molecular complexity index is 231. The number of nitrogens with one attached hydrogen (secondary N) is 1. The van der Waals surface area contributed by atoms with Crippen molar-refractivity contribution in [3.8, 4) is 0 Å². The smallest absolute Gasteiger partial charge is 0.293 e. The summed E-state index contributed by atoms with van der Waals surface area (Å²) in [4.78, 5) is 9.60. The predicted octanol–water partition coefficient (Wildman–Crippen LogP) is 2.46. The third kappa shape index (κ3) is 9.00. The number of nitrogens with two attached hydrogens (primary N) is 1. The third-order valence-electron chi connectivity index (χ3n) is 3.73. The van der Waals surface area contributed by atoms with Gasteiger partial charge in [-0.25, -0.2) is 0 Å². The minimum absolute atomic E-state index is 0.318. The lowest BCUT2D eigenvalue weighted by Crippen LogP contribution is -2.36. The molecule has 0 amide bonds. The summed E-state index contributed by atoms with van der Waals surface area (Å²) >= 11 is 0. The Morgan fingerprint density at radius 3 is 2.21 bits per heavy atom. The Kier molecular flexibility index (Phi) is 9.02. The number of hydrogen-bond acceptors (Lipinski definition) is 4. The summed E-state index contributed by atoms with van der Waals surface area (Å²) in [5, 5.41) is 3.42. The van der Waals surface area contributed by atoms with Crippen LogP contribution >= 0.6 is 0 Å². The quantitative estimate of drug-likeness (QED) is 0.755. The van der Waals surface area contributed by atoms with Gasteiger partial charge in [-0.15, -0.1) is 0 Å². The van der Waals surface area contributed by atoms with Gasteiger partial charge in [0.15, 0.2) is 0 Å². The molecule has 1 heterocycles. The van der Waals surface area contributed by atoms with E-state index < -0.39 is 0 Å². The van der Waals surface area contributed by atoms with E-state index >= 15 is 0 Å². The molecular weight excluding hydrogens is 240 g/mol. The Morgan fingerprint density at radius 2 is 1.89 bits per heavy atom. The first-order chi connectivity index (χ1) is 8.89. The number of piperidine rings is 1. The minimum atomic E-state index is -0.318. The maximum absolute atomic E-state index is 9.60. The first-order valence-corrected chi connectivity index (χ1v) is 7.41. The Hall–Kier alpha value is -0.610. The molecule has 0 aromatic carbocycles. The van der Waals surface area contributed by atoms with Crippen LogP contribution in [-0.2, 0) is 9.53 Å². The molecule has 3 N–H and O–H groups in total. The number of carbonyl (C=O) groups is 1. The average Bonchev–Trinajstić information content (AvgIpc) is 2.37. The monoisotopic (exact) mass is 272 g/mol. The van der Waals surface area contributed by atoms with Gasteiger partial charge in [-0.05, 0) is 71.5 Å². The van der Waals surface area contributed by atoms with Crippen molar-refractivity contribution in [2.45, 2.75) is 65.4 Å². The third-order valence-corrected chi connectivity index (χ3v) is 3.73. The van der Waals surface area contributed by atoms with E-state index in [9.17, 15) is 4.79 Å². The van der Waals surface area contributed by atoms with Gasteiger partial charge in [0, 0.05) is 0 Å². The summed E-state index contributed by atoms with van der Waals surface area (Å²) in [6.45, 7) is 11.5. The molecular formula is C15H32N2O2. The number of carbonyl (C=O) groups excluding carboxylic acids is 1. The fourth-order valence-electron chi connectivity index (χ4n) is 2.36. The van der Waals surface area contributed by atoms with Crippen molar-refractivity contribution in [1.82, 2.24) is 5.32 Å². The second-order valence-electron chi connectivity index (χ2n) is 6.32. The van der Waals surface area contributed by atoms with E-state index in [2.05, 4.69) is 17.0 Å². The summed E-state index contributed by atoms with van der Waals surface area (Å²) in [6, 6.07) is 0.